The van der Waals surface area contributed by atoms with Gasteiger partial charge in [-0.05, 0) is 6.07 Å². The van der Waals surface area contributed by atoms with Gasteiger partial charge < -0.3 is 5.11 Å². The number of nitro benzene ring substituents is 1. The van der Waals surface area contributed by atoms with Crippen LogP contribution in [0.3, 0.4) is 0 Å². The average molecular weight is 296 g/mol. The predicted molar refractivity (Wildman–Crippen MR) is 69.6 cm³/mol. The fourth-order valence-corrected chi connectivity index (χ4v) is 1.91. The van der Waals surface area contributed by atoms with E-state index in [0.29, 0.717) is 6.07 Å². The van der Waals surface area contributed by atoms with E-state index in [0.717, 1.165) is 0 Å². The second kappa shape index (κ2) is 5.26. The minimum atomic E-state index is -1.16. The maximum Gasteiger partial charge on any atom is 0.326 e. The molecule has 0 saturated heterocycles. The number of nitro groups is 1. The molecule has 0 unspecified atom stereocenters. The van der Waals surface area contributed by atoms with Crippen LogP contribution in [0, 0.1) is 15.9 Å². The van der Waals surface area contributed by atoms with E-state index in [1.807, 2.05) is 0 Å². The molecule has 0 aromatic heterocycles. The van der Waals surface area contributed by atoms with E-state index in [2.05, 4.69) is 0 Å². The summed E-state index contributed by atoms with van der Waals surface area (Å²) in [5, 5.41) is 20.0. The average Bonchev–Trinajstić information content (AvgIpc) is 2.42. The molecule has 7 heteroatoms. The van der Waals surface area contributed by atoms with Gasteiger partial charge in [-0.3, -0.25) is 14.9 Å². The Morgan fingerprint density at radius 3 is 2.45 bits per heavy atom. The summed E-state index contributed by atoms with van der Waals surface area (Å²) in [6.45, 7) is 0. The highest BCUT2D eigenvalue weighted by molar-refractivity contribution is 6.32. The van der Waals surface area contributed by atoms with E-state index in [1.54, 1.807) is 6.07 Å². The van der Waals surface area contributed by atoms with Crippen molar-refractivity contribution < 1.29 is 19.2 Å². The molecule has 0 aliphatic heterocycles. The molecule has 0 aliphatic rings. The molecule has 102 valence electrons. The lowest BCUT2D eigenvalue weighted by atomic mass is 10.0. The quantitative estimate of drug-likeness (QED) is 0.535. The van der Waals surface area contributed by atoms with E-state index in [1.165, 1.54) is 24.3 Å². The molecule has 0 spiro atoms. The number of ketones is 1. The summed E-state index contributed by atoms with van der Waals surface area (Å²) in [5.41, 5.74) is -1.79. The molecule has 0 aliphatic carbocycles. The number of benzene rings is 2. The lowest BCUT2D eigenvalue weighted by molar-refractivity contribution is -0.386. The summed E-state index contributed by atoms with van der Waals surface area (Å²) in [7, 11) is 0. The minimum Gasteiger partial charge on any atom is -0.501 e. The Bertz CT molecular complexity index is 703. The van der Waals surface area contributed by atoms with Crippen LogP contribution in [-0.2, 0) is 0 Å². The van der Waals surface area contributed by atoms with E-state index >= 15 is 0 Å². The van der Waals surface area contributed by atoms with Gasteiger partial charge in [0, 0.05) is 5.56 Å². The van der Waals surface area contributed by atoms with Gasteiger partial charge in [-0.1, -0.05) is 41.9 Å². The summed E-state index contributed by atoms with van der Waals surface area (Å²) in [4.78, 5) is 22.1. The SMILES string of the molecule is O=C(c1ccccc1)c1c(F)cc(Cl)c(O)c1[N+](=O)[O-]. The largest absolute Gasteiger partial charge is 0.501 e. The summed E-state index contributed by atoms with van der Waals surface area (Å²) >= 11 is 5.48. The zero-order valence-corrected chi connectivity index (χ0v) is 10.6. The molecule has 0 heterocycles. The van der Waals surface area contributed by atoms with Crippen molar-refractivity contribution in [2.75, 3.05) is 0 Å². The number of nitrogens with zero attached hydrogens (tertiary/aromatic N) is 1. The zero-order valence-electron chi connectivity index (χ0n) is 9.84. The highest BCUT2D eigenvalue weighted by Crippen LogP contribution is 2.39. The van der Waals surface area contributed by atoms with E-state index < -0.39 is 38.5 Å². The van der Waals surface area contributed by atoms with Gasteiger partial charge in [0.25, 0.3) is 0 Å². The monoisotopic (exact) mass is 295 g/mol. The van der Waals surface area contributed by atoms with Gasteiger partial charge in [0.15, 0.2) is 0 Å². The molecule has 0 bridgehead atoms. The number of phenolic OH excluding ortho intramolecular Hbond substituents is 1. The van der Waals surface area contributed by atoms with Gasteiger partial charge >= 0.3 is 5.69 Å². The fourth-order valence-electron chi connectivity index (χ4n) is 1.72. The number of phenols is 1. The Morgan fingerprint density at radius 2 is 1.90 bits per heavy atom. The fraction of sp³-hybridized carbons (Fsp3) is 0. The first-order valence-corrected chi connectivity index (χ1v) is 5.76. The van der Waals surface area contributed by atoms with E-state index in [9.17, 15) is 24.4 Å². The van der Waals surface area contributed by atoms with Crippen LogP contribution in [0.1, 0.15) is 15.9 Å². The zero-order chi connectivity index (χ0) is 14.9. The Labute approximate surface area is 117 Å². The first-order valence-electron chi connectivity index (χ1n) is 5.38. The van der Waals surface area contributed by atoms with Crippen LogP contribution in [-0.4, -0.2) is 15.8 Å². The Balaban J connectivity index is 2.71. The van der Waals surface area contributed by atoms with Crippen LogP contribution in [0.2, 0.25) is 5.02 Å². The molecule has 2 rings (SSSR count). The molecule has 0 radical (unpaired) electrons. The number of halogens is 2. The van der Waals surface area contributed by atoms with Crippen molar-refractivity contribution >= 4 is 23.1 Å². The lowest BCUT2D eigenvalue weighted by Gasteiger charge is -2.07. The first kappa shape index (κ1) is 14.0. The number of aromatic hydroxyl groups is 1. The number of carbonyl (C=O) groups excluding carboxylic acids is 1. The maximum absolute atomic E-state index is 13.9. The van der Waals surface area contributed by atoms with Crippen molar-refractivity contribution in [3.05, 3.63) is 68.5 Å². The minimum absolute atomic E-state index is 0.0659. The van der Waals surface area contributed by atoms with Crippen molar-refractivity contribution in [2.24, 2.45) is 0 Å². The third-order valence-electron chi connectivity index (χ3n) is 2.63. The first-order chi connectivity index (χ1) is 9.43. The van der Waals surface area contributed by atoms with E-state index in [4.69, 9.17) is 11.6 Å². The van der Waals surface area contributed by atoms with Crippen molar-refractivity contribution in [1.82, 2.24) is 0 Å². The summed E-state index contributed by atoms with van der Waals surface area (Å²) in [5.74, 6) is -2.99. The van der Waals surface area contributed by atoms with Gasteiger partial charge in [0.2, 0.25) is 11.5 Å². The topological polar surface area (TPSA) is 80.4 Å². The molecule has 2 aromatic rings. The smallest absolute Gasteiger partial charge is 0.326 e. The van der Waals surface area contributed by atoms with Crippen LogP contribution in [0.5, 0.6) is 5.75 Å². The molecule has 2 aromatic carbocycles. The molecule has 0 fully saturated rings. The molecule has 1 N–H and O–H groups in total. The van der Waals surface area contributed by atoms with Gasteiger partial charge in [-0.15, -0.1) is 0 Å². The van der Waals surface area contributed by atoms with Crippen molar-refractivity contribution in [3.8, 4) is 5.75 Å². The Kier molecular flexibility index (Phi) is 3.67. The van der Waals surface area contributed by atoms with E-state index in [-0.39, 0.29) is 5.56 Å². The standard InChI is InChI=1S/C13H7ClFNO4/c14-8-6-9(15)10(11(13(8)18)16(19)20)12(17)7-4-2-1-3-5-7/h1-6,18H. The number of hydrogen-bond acceptors (Lipinski definition) is 4. The third kappa shape index (κ3) is 2.33. The van der Waals surface area contributed by atoms with Crippen LogP contribution in [0.15, 0.2) is 36.4 Å². The van der Waals surface area contributed by atoms with Gasteiger partial charge in [0.1, 0.15) is 11.4 Å². The second-order valence-electron chi connectivity index (χ2n) is 3.86. The lowest BCUT2D eigenvalue weighted by Crippen LogP contribution is -2.09. The van der Waals surface area contributed by atoms with Gasteiger partial charge in [-0.2, -0.15) is 0 Å². The second-order valence-corrected chi connectivity index (χ2v) is 4.27. The van der Waals surface area contributed by atoms with Crippen LogP contribution < -0.4 is 0 Å². The van der Waals surface area contributed by atoms with Crippen LogP contribution in [0.25, 0.3) is 0 Å². The van der Waals surface area contributed by atoms with Crippen LogP contribution >= 0.6 is 11.6 Å². The molecule has 0 amide bonds. The number of carbonyl (C=O) groups is 1. The number of hydrogen-bond donors (Lipinski definition) is 1. The maximum atomic E-state index is 13.9. The van der Waals surface area contributed by atoms with Crippen molar-refractivity contribution in [1.29, 1.82) is 0 Å². The van der Waals surface area contributed by atoms with Gasteiger partial charge in [-0.25, -0.2) is 4.39 Å². The summed E-state index contributed by atoms with van der Waals surface area (Å²) < 4.78 is 13.9. The molecular formula is C13H7ClFNO4. The highest BCUT2D eigenvalue weighted by atomic mass is 35.5. The summed E-state index contributed by atoms with van der Waals surface area (Å²) in [6, 6.07) is 8.15. The summed E-state index contributed by atoms with van der Waals surface area (Å²) in [6.07, 6.45) is 0. The normalized spacial score (nSPS) is 10.3. The molecule has 5 nitrogen and oxygen atoms in total. The molecule has 20 heavy (non-hydrogen) atoms. The molecule has 0 saturated carbocycles. The molecular weight excluding hydrogens is 289 g/mol. The van der Waals surface area contributed by atoms with Gasteiger partial charge in [0.05, 0.1) is 9.95 Å². The van der Waals surface area contributed by atoms with Crippen molar-refractivity contribution in [2.45, 2.75) is 0 Å². The Hall–Kier alpha value is -2.47. The molecule has 0 atom stereocenters. The van der Waals surface area contributed by atoms with Crippen molar-refractivity contribution in [3.63, 3.8) is 0 Å². The third-order valence-corrected chi connectivity index (χ3v) is 2.91. The predicted octanol–water partition coefficient (Wildman–Crippen LogP) is 3.32. The number of rotatable bonds is 3. The van der Waals surface area contributed by atoms with Crippen LogP contribution in [0.4, 0.5) is 10.1 Å². The highest BCUT2D eigenvalue weighted by Gasteiger charge is 2.31. The Morgan fingerprint density at radius 1 is 1.30 bits per heavy atom.